The van der Waals surface area contributed by atoms with Crippen LogP contribution in [0.15, 0.2) is 36.0 Å². The first kappa shape index (κ1) is 33.2. The lowest BCUT2D eigenvalue weighted by atomic mass is 9.86. The first-order valence-electron chi connectivity index (χ1n) is 15.1. The van der Waals surface area contributed by atoms with Gasteiger partial charge in [-0.2, -0.15) is 0 Å². The Morgan fingerprint density at radius 1 is 1.17 bits per heavy atom. The summed E-state index contributed by atoms with van der Waals surface area (Å²) >= 11 is 0. The van der Waals surface area contributed by atoms with Crippen LogP contribution in [-0.4, -0.2) is 77.6 Å². The van der Waals surface area contributed by atoms with E-state index in [4.69, 9.17) is 18.9 Å². The third-order valence-corrected chi connectivity index (χ3v) is 8.19. The summed E-state index contributed by atoms with van der Waals surface area (Å²) in [5.41, 5.74) is 0.434. The maximum atomic E-state index is 12.4. The second-order valence-electron chi connectivity index (χ2n) is 12.0. The highest BCUT2D eigenvalue weighted by molar-refractivity contribution is 5.87. The zero-order valence-electron chi connectivity index (χ0n) is 25.5. The molecule has 0 aromatic carbocycles. The third-order valence-electron chi connectivity index (χ3n) is 8.19. The summed E-state index contributed by atoms with van der Waals surface area (Å²) in [6.07, 6.45) is 11.6. The first-order valence-corrected chi connectivity index (χ1v) is 15.1. The molecule has 0 bridgehead atoms. The summed E-state index contributed by atoms with van der Waals surface area (Å²) in [7, 11) is 0. The van der Waals surface area contributed by atoms with Gasteiger partial charge < -0.3 is 29.4 Å². The van der Waals surface area contributed by atoms with Crippen molar-refractivity contribution in [3.63, 3.8) is 0 Å². The highest BCUT2D eigenvalue weighted by Crippen LogP contribution is 2.43. The van der Waals surface area contributed by atoms with Gasteiger partial charge in [-0.25, -0.2) is 0 Å². The van der Waals surface area contributed by atoms with E-state index < -0.39 is 29.9 Å². The van der Waals surface area contributed by atoms with E-state index in [1.54, 1.807) is 13.0 Å². The lowest BCUT2D eigenvalue weighted by Crippen LogP contribution is -2.50. The summed E-state index contributed by atoms with van der Waals surface area (Å²) < 4.78 is 23.1. The molecule has 3 saturated heterocycles. The Morgan fingerprint density at radius 3 is 2.56 bits per heavy atom. The normalized spacial score (nSPS) is 34.6. The Morgan fingerprint density at radius 2 is 1.90 bits per heavy atom. The van der Waals surface area contributed by atoms with Crippen LogP contribution < -0.4 is 5.32 Å². The fraction of sp³-hybridized carbons (Fsp3) is 0.719. The molecule has 230 valence electrons. The largest absolute Gasteiger partial charge is 0.459 e. The van der Waals surface area contributed by atoms with Crippen LogP contribution in [0.1, 0.15) is 86.5 Å². The highest BCUT2D eigenvalue weighted by Gasteiger charge is 2.58. The number of hydrogen-bond donors (Lipinski definition) is 2. The van der Waals surface area contributed by atoms with Gasteiger partial charge in [0, 0.05) is 32.3 Å². The van der Waals surface area contributed by atoms with Crippen LogP contribution in [0, 0.1) is 5.92 Å². The number of epoxide rings is 1. The van der Waals surface area contributed by atoms with Crippen molar-refractivity contribution in [1.82, 2.24) is 5.32 Å². The van der Waals surface area contributed by atoms with Crippen molar-refractivity contribution >= 4 is 17.7 Å². The minimum Gasteiger partial charge on any atom is -0.459 e. The van der Waals surface area contributed by atoms with E-state index in [1.165, 1.54) is 13.0 Å². The van der Waals surface area contributed by atoms with E-state index in [0.29, 0.717) is 25.9 Å². The molecule has 0 aliphatic carbocycles. The summed E-state index contributed by atoms with van der Waals surface area (Å²) in [4.78, 5) is 35.7. The number of allylic oxidation sites excluding steroid dienone is 2. The summed E-state index contributed by atoms with van der Waals surface area (Å²) in [6.45, 7) is 11.7. The molecule has 3 aliphatic heterocycles. The number of nitrogens with one attached hydrogen (secondary N) is 1. The first-order chi connectivity index (χ1) is 19.4. The molecule has 1 amide bonds. The Labute approximate surface area is 244 Å². The molecule has 41 heavy (non-hydrogen) atoms. The zero-order chi connectivity index (χ0) is 30.2. The molecule has 3 fully saturated rings. The number of rotatable bonds is 13. The number of amides is 1. The van der Waals surface area contributed by atoms with Gasteiger partial charge in [0.1, 0.15) is 29.7 Å². The van der Waals surface area contributed by atoms with Gasteiger partial charge in [-0.15, -0.1) is 0 Å². The van der Waals surface area contributed by atoms with Crippen molar-refractivity contribution in [3.05, 3.63) is 36.0 Å². The Bertz CT molecular complexity index is 1000. The quantitative estimate of drug-likeness (QED) is 0.146. The molecule has 0 unspecified atom stereocenters. The fourth-order valence-electron chi connectivity index (χ4n) is 5.62. The van der Waals surface area contributed by atoms with Gasteiger partial charge in [0.2, 0.25) is 5.91 Å². The number of hydrogen-bond acceptors (Lipinski definition) is 8. The van der Waals surface area contributed by atoms with Crippen molar-refractivity contribution in [2.24, 2.45) is 5.92 Å². The van der Waals surface area contributed by atoms with Crippen molar-refractivity contribution in [2.75, 3.05) is 6.61 Å². The van der Waals surface area contributed by atoms with Crippen LogP contribution >= 0.6 is 0 Å². The number of Topliss-reactive ketones (excluding diaryl/α,β-unsaturated/α-hetero) is 1. The molecule has 1 spiro atoms. The van der Waals surface area contributed by atoms with Crippen molar-refractivity contribution < 1.29 is 38.4 Å². The van der Waals surface area contributed by atoms with Crippen molar-refractivity contribution in [2.45, 2.75) is 135 Å². The van der Waals surface area contributed by atoms with Crippen LogP contribution in [0.25, 0.3) is 0 Å². The lowest BCUT2D eigenvalue weighted by molar-refractivity contribution is -0.144. The Kier molecular flexibility index (Phi) is 12.3. The van der Waals surface area contributed by atoms with Gasteiger partial charge in [0.25, 0.3) is 0 Å². The molecule has 9 nitrogen and oxygen atoms in total. The molecule has 0 saturated carbocycles. The molecule has 3 rings (SSSR count). The predicted molar refractivity (Wildman–Crippen MR) is 155 cm³/mol. The molecule has 0 aromatic heterocycles. The summed E-state index contributed by atoms with van der Waals surface area (Å²) in [5, 5.41) is 13.9. The van der Waals surface area contributed by atoms with Crippen LogP contribution in [0.5, 0.6) is 0 Å². The average molecular weight is 576 g/mol. The minimum atomic E-state index is -0.761. The molecule has 3 aliphatic rings. The predicted octanol–water partition coefficient (Wildman–Crippen LogP) is 4.12. The third kappa shape index (κ3) is 10.2. The van der Waals surface area contributed by atoms with Gasteiger partial charge in [-0.05, 0) is 52.0 Å². The number of carbonyl (C=O) groups excluding carboxylic acids is 3. The van der Waals surface area contributed by atoms with Gasteiger partial charge >= 0.3 is 5.97 Å². The maximum Gasteiger partial charge on any atom is 0.303 e. The van der Waals surface area contributed by atoms with Crippen molar-refractivity contribution in [1.29, 1.82) is 0 Å². The van der Waals surface area contributed by atoms with Crippen LogP contribution in [0.2, 0.25) is 0 Å². The molecule has 9 heteroatoms. The zero-order valence-corrected chi connectivity index (χ0v) is 25.5. The summed E-state index contributed by atoms with van der Waals surface area (Å²) in [5.74, 6) is -0.202. The number of ether oxygens (including phenoxy) is 4. The van der Waals surface area contributed by atoms with Gasteiger partial charge in [-0.1, -0.05) is 44.1 Å². The van der Waals surface area contributed by atoms with E-state index in [2.05, 4.69) is 25.2 Å². The number of unbranched alkanes of at least 4 members (excludes halogenated alkanes) is 1. The molecule has 9 atom stereocenters. The number of aliphatic hydroxyl groups is 1. The second kappa shape index (κ2) is 15.2. The molecule has 0 radical (unpaired) electrons. The molecule has 2 N–H and O–H groups in total. The highest BCUT2D eigenvalue weighted by atomic mass is 16.6. The Balaban J connectivity index is 1.49. The van der Waals surface area contributed by atoms with Crippen LogP contribution in [0.4, 0.5) is 0 Å². The average Bonchev–Trinajstić information content (AvgIpc) is 3.68. The Hall–Kier alpha value is -2.33. The van der Waals surface area contributed by atoms with E-state index in [0.717, 1.165) is 31.3 Å². The smallest absolute Gasteiger partial charge is 0.303 e. The minimum absolute atomic E-state index is 0.0131. The maximum absolute atomic E-state index is 12.4. The van der Waals surface area contributed by atoms with Crippen LogP contribution in [-0.2, 0) is 33.3 Å². The monoisotopic (exact) mass is 575 g/mol. The van der Waals surface area contributed by atoms with Gasteiger partial charge in [0.05, 0.1) is 31.0 Å². The van der Waals surface area contributed by atoms with E-state index in [-0.39, 0.29) is 42.0 Å². The van der Waals surface area contributed by atoms with Gasteiger partial charge in [0.15, 0.2) is 0 Å². The van der Waals surface area contributed by atoms with Crippen LogP contribution in [0.3, 0.4) is 0 Å². The molecule has 0 aromatic rings. The SMILES string of the molecule is CCCCC(=O)C[C@@H]1C[C@@]2(CO2)[C@H](O)[C@@H](/C=C/C(C)=C/C[C@@H]2O[C@H](C)[C@H](NC(=O)/C=C\[C@H](C)OC(C)=O)C[C@@H]2C)O1. The fourth-order valence-corrected chi connectivity index (χ4v) is 5.62. The number of carbonyl (C=O) groups is 3. The van der Waals surface area contributed by atoms with Crippen molar-refractivity contribution in [3.8, 4) is 0 Å². The van der Waals surface area contributed by atoms with E-state index in [1.807, 2.05) is 26.0 Å². The number of ketones is 1. The van der Waals surface area contributed by atoms with E-state index in [9.17, 15) is 19.5 Å². The molecular formula is C32H49NO8. The van der Waals surface area contributed by atoms with Gasteiger partial charge in [-0.3, -0.25) is 14.4 Å². The summed E-state index contributed by atoms with van der Waals surface area (Å²) in [6, 6.07) is -0.115. The topological polar surface area (TPSA) is 124 Å². The number of aliphatic hydroxyl groups excluding tert-OH is 1. The molecule has 3 heterocycles. The second-order valence-corrected chi connectivity index (χ2v) is 12.0. The standard InChI is InChI=1S/C32H49NO8/c1-7-8-9-25(35)17-26-18-32(19-38-32)31(37)29(41-26)14-11-20(2)10-13-28-21(3)16-27(23(5)40-28)33-30(36)15-12-22(4)39-24(6)34/h10-12,14-15,21-23,26-29,31,37H,7-9,13,16-19H2,1-6H3,(H,33,36)/b14-11+,15-12-,20-10+/t21-,22-,23+,26+,27+,28-,29+,31+,32+/m0/s1. The van der Waals surface area contributed by atoms with E-state index >= 15 is 0 Å². The lowest BCUT2D eigenvalue weighted by Gasteiger charge is -2.39. The molecular weight excluding hydrogens is 526 g/mol. The number of esters is 1.